The molecule has 4 N–H and O–H groups in total. The van der Waals surface area contributed by atoms with Crippen LogP contribution in [0.1, 0.15) is 37.2 Å². The van der Waals surface area contributed by atoms with E-state index in [9.17, 15) is 14.7 Å². The first-order chi connectivity index (χ1) is 10.1. The van der Waals surface area contributed by atoms with Crippen LogP contribution < -0.4 is 11.1 Å². The maximum Gasteiger partial charge on any atom is 0.311 e. The highest BCUT2D eigenvalue weighted by Gasteiger charge is 2.41. The number of carboxylic acids is 1. The molecule has 0 radical (unpaired) electrons. The summed E-state index contributed by atoms with van der Waals surface area (Å²) in [5.74, 6) is -1.45. The molecular formula is C16H22N2O3. The lowest BCUT2D eigenvalue weighted by Crippen LogP contribution is -2.43. The van der Waals surface area contributed by atoms with Gasteiger partial charge >= 0.3 is 5.97 Å². The van der Waals surface area contributed by atoms with Crippen LogP contribution >= 0.6 is 0 Å². The molecule has 1 aromatic carbocycles. The second-order valence-electron chi connectivity index (χ2n) is 5.71. The summed E-state index contributed by atoms with van der Waals surface area (Å²) < 4.78 is 0. The number of carbonyl (C=O) groups excluding carboxylic acids is 1. The van der Waals surface area contributed by atoms with Gasteiger partial charge in [0.15, 0.2) is 0 Å². The van der Waals surface area contributed by atoms with Crippen molar-refractivity contribution in [3.63, 3.8) is 0 Å². The van der Waals surface area contributed by atoms with Gasteiger partial charge in [-0.05, 0) is 18.4 Å². The molecule has 2 rings (SSSR count). The molecule has 0 aromatic heterocycles. The number of amides is 1. The van der Waals surface area contributed by atoms with Gasteiger partial charge in [-0.25, -0.2) is 0 Å². The molecule has 1 atom stereocenters. The van der Waals surface area contributed by atoms with E-state index in [0.717, 1.165) is 18.4 Å². The van der Waals surface area contributed by atoms with Gasteiger partial charge in [-0.15, -0.1) is 0 Å². The van der Waals surface area contributed by atoms with Gasteiger partial charge in [0.25, 0.3) is 0 Å². The van der Waals surface area contributed by atoms with E-state index in [4.69, 9.17) is 5.73 Å². The van der Waals surface area contributed by atoms with Crippen LogP contribution in [0.3, 0.4) is 0 Å². The van der Waals surface area contributed by atoms with E-state index in [1.807, 2.05) is 30.3 Å². The predicted octanol–water partition coefficient (Wildman–Crippen LogP) is 1.49. The lowest BCUT2D eigenvalue weighted by atomic mass is 9.86. The van der Waals surface area contributed by atoms with E-state index < -0.39 is 17.3 Å². The Labute approximate surface area is 124 Å². The van der Waals surface area contributed by atoms with Crippen LogP contribution in [-0.2, 0) is 9.59 Å². The Morgan fingerprint density at radius 1 is 1.24 bits per heavy atom. The molecule has 0 saturated heterocycles. The molecule has 5 heteroatoms. The maximum atomic E-state index is 12.3. The summed E-state index contributed by atoms with van der Waals surface area (Å²) in [6, 6.07) is 9.33. The molecule has 1 unspecified atom stereocenters. The van der Waals surface area contributed by atoms with Gasteiger partial charge in [0.1, 0.15) is 0 Å². The number of aliphatic carboxylic acids is 1. The third-order valence-electron chi connectivity index (χ3n) is 4.37. The molecule has 0 spiro atoms. The molecule has 21 heavy (non-hydrogen) atoms. The highest BCUT2D eigenvalue weighted by Crippen LogP contribution is 2.37. The zero-order valence-corrected chi connectivity index (χ0v) is 12.0. The number of carboxylic acid groups (broad SMARTS) is 1. The van der Waals surface area contributed by atoms with Gasteiger partial charge in [-0.3, -0.25) is 9.59 Å². The van der Waals surface area contributed by atoms with Crippen LogP contribution in [0.4, 0.5) is 0 Å². The highest BCUT2D eigenvalue weighted by molar-refractivity contribution is 5.85. The summed E-state index contributed by atoms with van der Waals surface area (Å²) in [6.07, 6.45) is 3.06. The van der Waals surface area contributed by atoms with Crippen molar-refractivity contribution in [2.24, 2.45) is 11.1 Å². The van der Waals surface area contributed by atoms with E-state index in [0.29, 0.717) is 12.8 Å². The normalized spacial score (nSPS) is 18.1. The minimum absolute atomic E-state index is 0.185. The number of nitrogens with one attached hydrogen (secondary N) is 1. The molecule has 1 aliphatic rings. The quantitative estimate of drug-likeness (QED) is 0.740. The van der Waals surface area contributed by atoms with Crippen molar-refractivity contribution >= 4 is 11.9 Å². The number of benzene rings is 1. The van der Waals surface area contributed by atoms with Crippen molar-refractivity contribution in [1.29, 1.82) is 0 Å². The van der Waals surface area contributed by atoms with Gasteiger partial charge in [0, 0.05) is 13.1 Å². The Morgan fingerprint density at radius 2 is 1.86 bits per heavy atom. The summed E-state index contributed by atoms with van der Waals surface area (Å²) >= 11 is 0. The minimum Gasteiger partial charge on any atom is -0.481 e. The van der Waals surface area contributed by atoms with Crippen LogP contribution in [-0.4, -0.2) is 30.1 Å². The number of hydrogen-bond donors (Lipinski definition) is 3. The molecule has 114 valence electrons. The Bertz CT molecular complexity index is 496. The average Bonchev–Trinajstić information content (AvgIpc) is 2.97. The van der Waals surface area contributed by atoms with Gasteiger partial charge in [-0.1, -0.05) is 43.2 Å². The van der Waals surface area contributed by atoms with Gasteiger partial charge in [-0.2, -0.15) is 0 Å². The first kappa shape index (κ1) is 15.5. The number of rotatable bonds is 6. The highest BCUT2D eigenvalue weighted by atomic mass is 16.4. The average molecular weight is 290 g/mol. The van der Waals surface area contributed by atoms with Crippen molar-refractivity contribution < 1.29 is 14.7 Å². The van der Waals surface area contributed by atoms with E-state index in [1.54, 1.807) is 0 Å². The van der Waals surface area contributed by atoms with Crippen molar-refractivity contribution in [3.8, 4) is 0 Å². The zero-order chi connectivity index (χ0) is 15.3. The smallest absolute Gasteiger partial charge is 0.311 e. The second kappa shape index (κ2) is 6.72. The van der Waals surface area contributed by atoms with Gasteiger partial charge < -0.3 is 16.2 Å². The third-order valence-corrected chi connectivity index (χ3v) is 4.37. The largest absolute Gasteiger partial charge is 0.481 e. The lowest BCUT2D eigenvalue weighted by molar-refractivity contribution is -0.148. The fourth-order valence-electron chi connectivity index (χ4n) is 2.98. The summed E-state index contributed by atoms with van der Waals surface area (Å²) in [4.78, 5) is 23.8. The van der Waals surface area contributed by atoms with Crippen molar-refractivity contribution in [3.05, 3.63) is 35.9 Å². The monoisotopic (exact) mass is 290 g/mol. The maximum absolute atomic E-state index is 12.3. The van der Waals surface area contributed by atoms with E-state index in [2.05, 4.69) is 5.32 Å². The van der Waals surface area contributed by atoms with Crippen LogP contribution in [0.25, 0.3) is 0 Å². The molecule has 0 heterocycles. The molecule has 0 aliphatic heterocycles. The van der Waals surface area contributed by atoms with Crippen LogP contribution in [0, 0.1) is 5.41 Å². The number of nitrogens with two attached hydrogens (primary N) is 1. The first-order valence-electron chi connectivity index (χ1n) is 7.35. The van der Waals surface area contributed by atoms with Crippen molar-refractivity contribution in [2.75, 3.05) is 13.1 Å². The van der Waals surface area contributed by atoms with Crippen LogP contribution in [0.2, 0.25) is 0 Å². The lowest BCUT2D eigenvalue weighted by Gasteiger charge is -2.25. The fourth-order valence-corrected chi connectivity index (χ4v) is 2.98. The molecule has 0 bridgehead atoms. The second-order valence-corrected chi connectivity index (χ2v) is 5.71. The van der Waals surface area contributed by atoms with E-state index in [1.165, 1.54) is 0 Å². The molecule has 1 amide bonds. The molecule has 1 aliphatic carbocycles. The first-order valence-corrected chi connectivity index (χ1v) is 7.35. The topological polar surface area (TPSA) is 92.4 Å². The Hall–Kier alpha value is -1.88. The SMILES string of the molecule is NCC(C(=O)NCC1(C(=O)O)CCCC1)c1ccccc1. The molecule has 1 saturated carbocycles. The molecule has 5 nitrogen and oxygen atoms in total. The Morgan fingerprint density at radius 3 is 2.38 bits per heavy atom. The van der Waals surface area contributed by atoms with E-state index >= 15 is 0 Å². The summed E-state index contributed by atoms with van der Waals surface area (Å²) in [5, 5.41) is 12.2. The molecule has 1 fully saturated rings. The number of carbonyl (C=O) groups is 2. The minimum atomic E-state index is -0.815. The number of hydrogen-bond acceptors (Lipinski definition) is 3. The molecule has 1 aromatic rings. The summed E-state index contributed by atoms with van der Waals surface area (Å²) in [5.41, 5.74) is 5.76. The predicted molar refractivity (Wildman–Crippen MR) is 79.8 cm³/mol. The van der Waals surface area contributed by atoms with Crippen LogP contribution in [0.15, 0.2) is 30.3 Å². The standard InChI is InChI=1S/C16H22N2O3/c17-10-13(12-6-2-1-3-7-12)14(19)18-11-16(15(20)21)8-4-5-9-16/h1-3,6-7,13H,4-5,8-11,17H2,(H,18,19)(H,20,21). The van der Waals surface area contributed by atoms with Gasteiger partial charge in [0.2, 0.25) is 5.91 Å². The molecular weight excluding hydrogens is 268 g/mol. The summed E-state index contributed by atoms with van der Waals surface area (Å²) in [6.45, 7) is 0.389. The van der Waals surface area contributed by atoms with E-state index in [-0.39, 0.29) is 19.0 Å². The Kier molecular flexibility index (Phi) is 4.96. The van der Waals surface area contributed by atoms with Crippen LogP contribution in [0.5, 0.6) is 0 Å². The third kappa shape index (κ3) is 3.42. The van der Waals surface area contributed by atoms with Crippen molar-refractivity contribution in [1.82, 2.24) is 5.32 Å². The Balaban J connectivity index is 2.01. The van der Waals surface area contributed by atoms with Crippen molar-refractivity contribution in [2.45, 2.75) is 31.6 Å². The fraction of sp³-hybridized carbons (Fsp3) is 0.500. The van der Waals surface area contributed by atoms with Gasteiger partial charge in [0.05, 0.1) is 11.3 Å². The summed E-state index contributed by atoms with van der Waals surface area (Å²) in [7, 11) is 0. The zero-order valence-electron chi connectivity index (χ0n) is 12.0.